The molecule has 0 aromatic rings. The van der Waals surface area contributed by atoms with E-state index in [1.165, 1.54) is 25.7 Å². The van der Waals surface area contributed by atoms with E-state index in [0.29, 0.717) is 12.3 Å². The Morgan fingerprint density at radius 3 is 2.26 bits per heavy atom. The highest BCUT2D eigenvalue weighted by Gasteiger charge is 2.26. The molecule has 1 rings (SSSR count). The largest absolute Gasteiger partial charge is 0.480 e. The Hall–Kier alpha value is -1.06. The first-order valence-corrected chi connectivity index (χ1v) is 7.56. The molecule has 0 aliphatic heterocycles. The molecule has 1 fully saturated rings. The summed E-state index contributed by atoms with van der Waals surface area (Å²) in [6.07, 6.45) is 8.38. The Balaban J connectivity index is 2.45. The summed E-state index contributed by atoms with van der Waals surface area (Å²) in [6, 6.07) is -0.747. The zero-order chi connectivity index (χ0) is 14.3. The van der Waals surface area contributed by atoms with E-state index in [9.17, 15) is 9.59 Å². The van der Waals surface area contributed by atoms with Gasteiger partial charge in [-0.1, -0.05) is 46.0 Å². The number of nitrogens with one attached hydrogen (secondary N) is 1. The van der Waals surface area contributed by atoms with E-state index in [-0.39, 0.29) is 11.8 Å². The van der Waals surface area contributed by atoms with Gasteiger partial charge in [-0.3, -0.25) is 4.79 Å². The Kier molecular flexibility index (Phi) is 6.89. The average molecular weight is 269 g/mol. The smallest absolute Gasteiger partial charge is 0.326 e. The summed E-state index contributed by atoms with van der Waals surface area (Å²) < 4.78 is 0. The van der Waals surface area contributed by atoms with Crippen molar-refractivity contribution in [3.63, 3.8) is 0 Å². The maximum absolute atomic E-state index is 12.0. The number of carboxylic acids is 1. The van der Waals surface area contributed by atoms with Crippen LogP contribution in [-0.4, -0.2) is 23.0 Å². The van der Waals surface area contributed by atoms with Crippen molar-refractivity contribution in [1.82, 2.24) is 5.32 Å². The highest BCUT2D eigenvalue weighted by atomic mass is 16.4. The SMILES string of the molecule is CCC(C)[C@H](NC(=O)CC1CCCCCC1)C(=O)O. The molecule has 0 aromatic carbocycles. The Labute approximate surface area is 116 Å². The molecule has 0 spiro atoms. The second kappa shape index (κ2) is 8.18. The predicted molar refractivity (Wildman–Crippen MR) is 74.8 cm³/mol. The lowest BCUT2D eigenvalue weighted by Gasteiger charge is -2.21. The molecule has 1 amide bonds. The van der Waals surface area contributed by atoms with Crippen LogP contribution in [0.25, 0.3) is 0 Å². The molecule has 4 nitrogen and oxygen atoms in total. The molecule has 0 bridgehead atoms. The molecule has 0 saturated heterocycles. The molecule has 1 saturated carbocycles. The van der Waals surface area contributed by atoms with E-state index in [1.54, 1.807) is 0 Å². The standard InChI is InChI=1S/C15H27NO3/c1-3-11(2)14(15(18)19)16-13(17)10-12-8-6-4-5-7-9-12/h11-12,14H,3-10H2,1-2H3,(H,16,17)(H,18,19)/t11?,14-/m0/s1. The van der Waals surface area contributed by atoms with Crippen LogP contribution in [0.2, 0.25) is 0 Å². The minimum absolute atomic E-state index is 0.0319. The molecule has 1 aliphatic carbocycles. The van der Waals surface area contributed by atoms with E-state index >= 15 is 0 Å². The van der Waals surface area contributed by atoms with Crippen LogP contribution in [0.4, 0.5) is 0 Å². The van der Waals surface area contributed by atoms with Gasteiger partial charge in [-0.25, -0.2) is 4.79 Å². The topological polar surface area (TPSA) is 66.4 Å². The Bertz CT molecular complexity index is 296. The van der Waals surface area contributed by atoms with Crippen LogP contribution in [0.3, 0.4) is 0 Å². The van der Waals surface area contributed by atoms with Gasteiger partial charge in [0.05, 0.1) is 0 Å². The van der Waals surface area contributed by atoms with E-state index in [0.717, 1.165) is 19.3 Å². The van der Waals surface area contributed by atoms with Crippen LogP contribution in [0.15, 0.2) is 0 Å². The van der Waals surface area contributed by atoms with E-state index in [4.69, 9.17) is 5.11 Å². The van der Waals surface area contributed by atoms with E-state index in [2.05, 4.69) is 5.32 Å². The molecule has 2 N–H and O–H groups in total. The molecule has 2 atom stereocenters. The summed E-state index contributed by atoms with van der Waals surface area (Å²) in [4.78, 5) is 23.2. The van der Waals surface area contributed by atoms with Crippen molar-refractivity contribution >= 4 is 11.9 Å². The third kappa shape index (κ3) is 5.62. The fourth-order valence-corrected chi connectivity index (χ4v) is 2.75. The summed E-state index contributed by atoms with van der Waals surface area (Å²) in [5.74, 6) is -0.618. The van der Waals surface area contributed by atoms with Gasteiger partial charge in [0.1, 0.15) is 6.04 Å². The van der Waals surface area contributed by atoms with E-state index < -0.39 is 12.0 Å². The number of hydrogen-bond donors (Lipinski definition) is 2. The van der Waals surface area contributed by atoms with Gasteiger partial charge in [0.2, 0.25) is 5.91 Å². The number of carboxylic acid groups (broad SMARTS) is 1. The van der Waals surface area contributed by atoms with Gasteiger partial charge in [0.15, 0.2) is 0 Å². The van der Waals surface area contributed by atoms with Crippen molar-refractivity contribution in [2.24, 2.45) is 11.8 Å². The predicted octanol–water partition coefficient (Wildman–Crippen LogP) is 2.96. The van der Waals surface area contributed by atoms with Crippen LogP contribution in [-0.2, 0) is 9.59 Å². The van der Waals surface area contributed by atoms with Crippen molar-refractivity contribution in [1.29, 1.82) is 0 Å². The zero-order valence-electron chi connectivity index (χ0n) is 12.2. The lowest BCUT2D eigenvalue weighted by Crippen LogP contribution is -2.45. The van der Waals surface area contributed by atoms with Crippen molar-refractivity contribution in [3.05, 3.63) is 0 Å². The summed E-state index contributed by atoms with van der Waals surface area (Å²) in [7, 11) is 0. The van der Waals surface area contributed by atoms with Crippen LogP contribution >= 0.6 is 0 Å². The first-order chi connectivity index (χ1) is 9.04. The molecule has 0 radical (unpaired) electrons. The van der Waals surface area contributed by atoms with Crippen molar-refractivity contribution in [3.8, 4) is 0 Å². The second-order valence-electron chi connectivity index (χ2n) is 5.83. The van der Waals surface area contributed by atoms with Crippen molar-refractivity contribution in [2.45, 2.75) is 71.3 Å². The average Bonchev–Trinajstić information content (AvgIpc) is 2.63. The number of hydrogen-bond acceptors (Lipinski definition) is 2. The summed E-state index contributed by atoms with van der Waals surface area (Å²) in [5, 5.41) is 11.9. The van der Waals surface area contributed by atoms with Crippen LogP contribution in [0, 0.1) is 11.8 Å². The maximum atomic E-state index is 12.0. The minimum Gasteiger partial charge on any atom is -0.480 e. The Morgan fingerprint density at radius 2 is 1.79 bits per heavy atom. The van der Waals surface area contributed by atoms with Crippen molar-refractivity contribution < 1.29 is 14.7 Å². The molecule has 110 valence electrons. The lowest BCUT2D eigenvalue weighted by molar-refractivity contribution is -0.143. The summed E-state index contributed by atoms with van der Waals surface area (Å²) in [5.41, 5.74) is 0. The highest BCUT2D eigenvalue weighted by molar-refractivity contribution is 5.83. The molecule has 1 aliphatic rings. The van der Waals surface area contributed by atoms with E-state index in [1.807, 2.05) is 13.8 Å². The molecule has 4 heteroatoms. The van der Waals surface area contributed by atoms with Gasteiger partial charge in [-0.2, -0.15) is 0 Å². The number of carbonyl (C=O) groups excluding carboxylic acids is 1. The number of carbonyl (C=O) groups is 2. The minimum atomic E-state index is -0.927. The summed E-state index contributed by atoms with van der Waals surface area (Å²) >= 11 is 0. The number of rotatable bonds is 6. The molecule has 0 aromatic heterocycles. The van der Waals surface area contributed by atoms with Crippen LogP contribution in [0.1, 0.15) is 65.2 Å². The molecule has 19 heavy (non-hydrogen) atoms. The monoisotopic (exact) mass is 269 g/mol. The second-order valence-corrected chi connectivity index (χ2v) is 5.83. The first-order valence-electron chi connectivity index (χ1n) is 7.56. The molecular weight excluding hydrogens is 242 g/mol. The first kappa shape index (κ1) is 16.0. The quantitative estimate of drug-likeness (QED) is 0.728. The third-order valence-corrected chi connectivity index (χ3v) is 4.24. The van der Waals surface area contributed by atoms with Crippen molar-refractivity contribution in [2.75, 3.05) is 0 Å². The fourth-order valence-electron chi connectivity index (χ4n) is 2.75. The zero-order valence-corrected chi connectivity index (χ0v) is 12.2. The maximum Gasteiger partial charge on any atom is 0.326 e. The number of amides is 1. The van der Waals surface area contributed by atoms with Gasteiger partial charge >= 0.3 is 5.97 Å². The third-order valence-electron chi connectivity index (χ3n) is 4.24. The lowest BCUT2D eigenvalue weighted by atomic mass is 9.95. The van der Waals surface area contributed by atoms with Gasteiger partial charge in [-0.05, 0) is 24.7 Å². The molecule has 1 unspecified atom stereocenters. The normalized spacial score (nSPS) is 20.3. The van der Waals surface area contributed by atoms with Gasteiger partial charge in [0, 0.05) is 6.42 Å². The van der Waals surface area contributed by atoms with Crippen LogP contribution < -0.4 is 5.32 Å². The van der Waals surface area contributed by atoms with Gasteiger partial charge in [-0.15, -0.1) is 0 Å². The Morgan fingerprint density at radius 1 is 1.21 bits per heavy atom. The fraction of sp³-hybridized carbons (Fsp3) is 0.867. The van der Waals surface area contributed by atoms with Crippen LogP contribution in [0.5, 0.6) is 0 Å². The highest BCUT2D eigenvalue weighted by Crippen LogP contribution is 2.25. The van der Waals surface area contributed by atoms with Gasteiger partial charge < -0.3 is 10.4 Å². The van der Waals surface area contributed by atoms with Gasteiger partial charge in [0.25, 0.3) is 0 Å². The summed E-state index contributed by atoms with van der Waals surface area (Å²) in [6.45, 7) is 3.81. The molecule has 0 heterocycles. The number of aliphatic carboxylic acids is 1. The molecular formula is C15H27NO3.